The third-order valence-electron chi connectivity index (χ3n) is 5.13. The minimum absolute atomic E-state index is 0.231. The normalized spacial score (nSPS) is 14.7. The fraction of sp³-hybridized carbons (Fsp3) is 0.227. The van der Waals surface area contributed by atoms with Crippen molar-refractivity contribution in [1.29, 1.82) is 0 Å². The van der Waals surface area contributed by atoms with Crippen LogP contribution >= 0.6 is 0 Å². The number of benzene rings is 2. The predicted molar refractivity (Wildman–Crippen MR) is 114 cm³/mol. The lowest BCUT2D eigenvalue weighted by atomic mass is 10.1. The predicted octanol–water partition coefficient (Wildman–Crippen LogP) is 4.80. The minimum Gasteiger partial charge on any atom is -0.381 e. The van der Waals surface area contributed by atoms with Crippen molar-refractivity contribution in [3.63, 3.8) is 0 Å². The van der Waals surface area contributed by atoms with E-state index in [2.05, 4.69) is 20.7 Å². The van der Waals surface area contributed by atoms with Gasteiger partial charge in [0.25, 0.3) is 0 Å². The molecule has 2 aromatic carbocycles. The van der Waals surface area contributed by atoms with Gasteiger partial charge < -0.3 is 15.4 Å². The van der Waals surface area contributed by atoms with E-state index in [0.717, 1.165) is 35.2 Å². The highest BCUT2D eigenvalue weighted by molar-refractivity contribution is 5.89. The number of anilines is 4. The van der Waals surface area contributed by atoms with Crippen LogP contribution < -0.4 is 10.6 Å². The molecule has 2 aromatic heterocycles. The quantitative estimate of drug-likeness (QED) is 0.497. The largest absolute Gasteiger partial charge is 0.381 e. The molecule has 0 atom stereocenters. The van der Waals surface area contributed by atoms with E-state index in [0.29, 0.717) is 25.0 Å². The van der Waals surface area contributed by atoms with Gasteiger partial charge in [0.2, 0.25) is 5.95 Å². The maximum absolute atomic E-state index is 13.3. The second-order valence-electron chi connectivity index (χ2n) is 7.19. The van der Waals surface area contributed by atoms with Crippen LogP contribution in [0.4, 0.5) is 27.5 Å². The van der Waals surface area contributed by atoms with E-state index < -0.39 is 0 Å². The minimum atomic E-state index is -0.285. The molecule has 5 rings (SSSR count). The number of hydrogen-bond donors (Lipinski definition) is 2. The molecule has 3 heterocycles. The Hall–Kier alpha value is -3.52. The zero-order chi connectivity index (χ0) is 20.3. The number of hydrogen-bond acceptors (Lipinski definition) is 6. The summed E-state index contributed by atoms with van der Waals surface area (Å²) in [6, 6.07) is 16.2. The Balaban J connectivity index is 1.57. The molecule has 7 nitrogen and oxygen atoms in total. The summed E-state index contributed by atoms with van der Waals surface area (Å²) in [6.45, 7) is 1.43. The number of halogens is 1. The van der Waals surface area contributed by atoms with Gasteiger partial charge in [-0.15, -0.1) is 0 Å². The van der Waals surface area contributed by atoms with Crippen LogP contribution in [0.1, 0.15) is 18.9 Å². The summed E-state index contributed by atoms with van der Waals surface area (Å²) in [5, 5.41) is 12.0. The molecule has 0 unspecified atom stereocenters. The first kappa shape index (κ1) is 18.5. The summed E-state index contributed by atoms with van der Waals surface area (Å²) in [4.78, 5) is 9.43. The van der Waals surface area contributed by atoms with Crippen molar-refractivity contribution in [2.24, 2.45) is 0 Å². The molecular formula is C22H21FN6O. The molecule has 0 aliphatic carbocycles. The maximum Gasteiger partial charge on any atom is 0.231 e. The highest BCUT2D eigenvalue weighted by Crippen LogP contribution is 2.30. The Bertz CT molecular complexity index is 1140. The molecule has 152 valence electrons. The number of para-hydroxylation sites is 1. The number of ether oxygens (including phenoxy) is 1. The van der Waals surface area contributed by atoms with Gasteiger partial charge in [-0.1, -0.05) is 18.2 Å². The van der Waals surface area contributed by atoms with Gasteiger partial charge in [-0.25, -0.2) is 9.07 Å². The molecule has 8 heteroatoms. The Morgan fingerprint density at radius 3 is 2.40 bits per heavy atom. The van der Waals surface area contributed by atoms with Crippen LogP contribution in [0.5, 0.6) is 0 Å². The highest BCUT2D eigenvalue weighted by atomic mass is 19.1. The van der Waals surface area contributed by atoms with Crippen molar-refractivity contribution in [2.45, 2.75) is 18.9 Å². The summed E-state index contributed by atoms with van der Waals surface area (Å²) in [5.41, 5.74) is 2.38. The molecule has 0 saturated carbocycles. The third-order valence-corrected chi connectivity index (χ3v) is 5.13. The Morgan fingerprint density at radius 2 is 1.63 bits per heavy atom. The average Bonchev–Trinajstić information content (AvgIpc) is 3.21. The Morgan fingerprint density at radius 1 is 0.900 bits per heavy atom. The first-order valence-electron chi connectivity index (χ1n) is 9.94. The molecule has 2 N–H and O–H groups in total. The van der Waals surface area contributed by atoms with Gasteiger partial charge in [-0.05, 0) is 49.2 Å². The summed E-state index contributed by atoms with van der Waals surface area (Å²) < 4.78 is 20.8. The number of rotatable bonds is 5. The summed E-state index contributed by atoms with van der Waals surface area (Å²) >= 11 is 0. The smallest absolute Gasteiger partial charge is 0.231 e. The van der Waals surface area contributed by atoms with E-state index in [1.54, 1.807) is 18.3 Å². The number of fused-ring (bicyclic) bond motifs is 1. The van der Waals surface area contributed by atoms with E-state index in [1.165, 1.54) is 12.1 Å². The zero-order valence-corrected chi connectivity index (χ0v) is 16.3. The monoisotopic (exact) mass is 404 g/mol. The van der Waals surface area contributed by atoms with E-state index in [-0.39, 0.29) is 11.9 Å². The van der Waals surface area contributed by atoms with Crippen LogP contribution in [0.2, 0.25) is 0 Å². The molecule has 4 aromatic rings. The van der Waals surface area contributed by atoms with Gasteiger partial charge in [0.15, 0.2) is 5.65 Å². The number of nitrogens with one attached hydrogen (secondary N) is 2. The van der Waals surface area contributed by atoms with Crippen molar-refractivity contribution >= 4 is 34.2 Å². The topological polar surface area (TPSA) is 76.9 Å². The van der Waals surface area contributed by atoms with E-state index in [4.69, 9.17) is 9.72 Å². The van der Waals surface area contributed by atoms with E-state index in [1.807, 2.05) is 35.0 Å². The van der Waals surface area contributed by atoms with E-state index in [9.17, 15) is 4.39 Å². The molecule has 0 bridgehead atoms. The van der Waals surface area contributed by atoms with Gasteiger partial charge >= 0.3 is 0 Å². The van der Waals surface area contributed by atoms with Crippen molar-refractivity contribution in [3.8, 4) is 0 Å². The lowest BCUT2D eigenvalue weighted by Gasteiger charge is -2.22. The molecule has 1 aliphatic heterocycles. The fourth-order valence-electron chi connectivity index (χ4n) is 3.59. The molecule has 30 heavy (non-hydrogen) atoms. The first-order valence-corrected chi connectivity index (χ1v) is 9.94. The van der Waals surface area contributed by atoms with Crippen LogP contribution in [0.3, 0.4) is 0 Å². The Labute approximate surface area is 172 Å². The molecule has 0 amide bonds. The van der Waals surface area contributed by atoms with Gasteiger partial charge in [0.1, 0.15) is 11.6 Å². The van der Waals surface area contributed by atoms with Crippen molar-refractivity contribution < 1.29 is 9.13 Å². The second-order valence-corrected chi connectivity index (χ2v) is 7.19. The lowest BCUT2D eigenvalue weighted by molar-refractivity contribution is 0.0673. The van der Waals surface area contributed by atoms with Gasteiger partial charge in [-0.3, -0.25) is 0 Å². The van der Waals surface area contributed by atoms with Gasteiger partial charge in [0, 0.05) is 24.6 Å². The van der Waals surface area contributed by atoms with E-state index >= 15 is 0 Å². The molecule has 0 spiro atoms. The zero-order valence-electron chi connectivity index (χ0n) is 16.3. The van der Waals surface area contributed by atoms with Crippen molar-refractivity contribution in [1.82, 2.24) is 19.7 Å². The van der Waals surface area contributed by atoms with Crippen LogP contribution in [-0.2, 0) is 4.74 Å². The van der Waals surface area contributed by atoms with Crippen LogP contribution in [-0.4, -0.2) is 33.0 Å². The number of aromatic nitrogens is 4. The molecule has 1 saturated heterocycles. The maximum atomic E-state index is 13.3. The van der Waals surface area contributed by atoms with Gasteiger partial charge in [-0.2, -0.15) is 15.1 Å². The van der Waals surface area contributed by atoms with Crippen LogP contribution in [0, 0.1) is 5.82 Å². The first-order chi connectivity index (χ1) is 14.8. The average molecular weight is 404 g/mol. The van der Waals surface area contributed by atoms with Gasteiger partial charge in [0.05, 0.1) is 17.6 Å². The summed E-state index contributed by atoms with van der Waals surface area (Å²) in [6.07, 6.45) is 3.56. The standard InChI is InChI=1S/C22H21FN6O/c23-15-6-8-17(9-7-15)25-20-19-14-24-29(18-10-12-30-13-11-18)21(19)28-22(27-20)26-16-4-2-1-3-5-16/h1-9,14,18H,10-13H2,(H2,25,26,27,28). The van der Waals surface area contributed by atoms with Crippen molar-refractivity contribution in [3.05, 3.63) is 66.6 Å². The fourth-order valence-corrected chi connectivity index (χ4v) is 3.59. The molecular weight excluding hydrogens is 383 g/mol. The Kier molecular flexibility index (Phi) is 4.98. The molecule has 1 fully saturated rings. The lowest BCUT2D eigenvalue weighted by Crippen LogP contribution is -2.20. The second kappa shape index (κ2) is 8.08. The molecule has 0 radical (unpaired) electrons. The van der Waals surface area contributed by atoms with Crippen molar-refractivity contribution in [2.75, 3.05) is 23.8 Å². The number of nitrogens with zero attached hydrogens (tertiary/aromatic N) is 4. The summed E-state index contributed by atoms with van der Waals surface area (Å²) in [5.74, 6) is 0.794. The summed E-state index contributed by atoms with van der Waals surface area (Å²) in [7, 11) is 0. The highest BCUT2D eigenvalue weighted by Gasteiger charge is 2.21. The van der Waals surface area contributed by atoms with Crippen LogP contribution in [0.15, 0.2) is 60.8 Å². The van der Waals surface area contributed by atoms with Crippen LogP contribution in [0.25, 0.3) is 11.0 Å². The third kappa shape index (κ3) is 3.81. The SMILES string of the molecule is Fc1ccc(Nc2nc(Nc3ccccc3)nc3c2cnn3C2CCOCC2)cc1. The molecule has 1 aliphatic rings.